The Morgan fingerprint density at radius 2 is 1.56 bits per heavy atom. The Balaban J connectivity index is 1.55. The summed E-state index contributed by atoms with van der Waals surface area (Å²) in [5, 5.41) is 17.6. The van der Waals surface area contributed by atoms with E-state index in [-0.39, 0.29) is 23.1 Å². The van der Waals surface area contributed by atoms with Gasteiger partial charge in [0.25, 0.3) is 0 Å². The van der Waals surface area contributed by atoms with Crippen molar-refractivity contribution in [1.82, 2.24) is 5.01 Å². The van der Waals surface area contributed by atoms with E-state index < -0.39 is 23.4 Å². The lowest BCUT2D eigenvalue weighted by Gasteiger charge is -2.36. The van der Waals surface area contributed by atoms with E-state index in [1.54, 1.807) is 79.0 Å². The van der Waals surface area contributed by atoms with E-state index in [4.69, 9.17) is 9.84 Å². The van der Waals surface area contributed by atoms with Crippen LogP contribution in [0.3, 0.4) is 0 Å². The average molecular weight is 607 g/mol. The van der Waals surface area contributed by atoms with Crippen molar-refractivity contribution in [2.75, 3.05) is 7.11 Å². The second kappa shape index (κ2) is 9.24. The van der Waals surface area contributed by atoms with E-state index in [9.17, 15) is 19.5 Å². The molecule has 3 aliphatic rings. The lowest BCUT2D eigenvalue weighted by molar-refractivity contribution is 0.0585. The molecule has 0 amide bonds. The van der Waals surface area contributed by atoms with Crippen LogP contribution in [0.1, 0.15) is 59.7 Å². The molecule has 4 aromatic rings. The molecule has 202 valence electrons. The number of phenolic OH excluding ortho intramolecular Hbond substituents is 1. The van der Waals surface area contributed by atoms with Gasteiger partial charge in [0.05, 0.1) is 19.4 Å². The summed E-state index contributed by atoms with van der Waals surface area (Å²) in [4.78, 5) is 44.0. The maximum absolute atomic E-state index is 14.7. The third kappa shape index (κ3) is 3.43. The number of benzene rings is 4. The number of fused-ring (bicyclic) bond motifs is 5. The second-order valence-corrected chi connectivity index (χ2v) is 11.4. The SMILES string of the molecule is COc1ccc(C(=O)[C@@H]2[C@@H](c3cc(Br)ccc3O)C3(C(=O)c4ccccc4C3=O)C3c4ccccc4C=NN32)cc1. The smallest absolute Gasteiger partial charge is 0.187 e. The van der Waals surface area contributed by atoms with Crippen molar-refractivity contribution in [2.45, 2.75) is 18.0 Å². The lowest BCUT2D eigenvalue weighted by atomic mass is 9.62. The summed E-state index contributed by atoms with van der Waals surface area (Å²) in [5.74, 6) is -1.67. The summed E-state index contributed by atoms with van der Waals surface area (Å²) in [5.41, 5.74) is 1.03. The Labute approximate surface area is 244 Å². The first-order valence-corrected chi connectivity index (χ1v) is 13.9. The van der Waals surface area contributed by atoms with Gasteiger partial charge in [-0.3, -0.25) is 19.4 Å². The van der Waals surface area contributed by atoms with E-state index in [1.807, 2.05) is 24.3 Å². The summed E-state index contributed by atoms with van der Waals surface area (Å²) in [6.07, 6.45) is 1.66. The molecule has 0 radical (unpaired) electrons. The standard InChI is InChI=1S/C33H23BrN2O5/c1-41-21-13-10-18(11-14-21)29(38)28-27(25-16-20(34)12-15-26(25)37)33(31(39)23-8-4-5-9-24(23)32(33)40)30-22-7-3-2-6-19(22)17-35-36(28)30/h2-17,27-28,30,37H,1H3/t27-,28+,30?/m1/s1. The third-order valence-corrected chi connectivity index (χ3v) is 9.04. The number of hydrogen-bond acceptors (Lipinski definition) is 7. The molecule has 3 atom stereocenters. The third-order valence-electron chi connectivity index (χ3n) is 8.54. The average Bonchev–Trinajstić information content (AvgIpc) is 3.44. The zero-order valence-electron chi connectivity index (χ0n) is 21.8. The number of aromatic hydroxyl groups is 1. The second-order valence-electron chi connectivity index (χ2n) is 10.4. The fourth-order valence-corrected chi connectivity index (χ4v) is 7.20. The normalized spacial score (nSPS) is 21.5. The summed E-state index contributed by atoms with van der Waals surface area (Å²) >= 11 is 3.50. The molecule has 8 heteroatoms. The first-order chi connectivity index (χ1) is 19.9. The van der Waals surface area contributed by atoms with Gasteiger partial charge in [-0.1, -0.05) is 64.5 Å². The van der Waals surface area contributed by atoms with E-state index in [1.165, 1.54) is 6.07 Å². The van der Waals surface area contributed by atoms with Crippen molar-refractivity contribution in [2.24, 2.45) is 10.5 Å². The van der Waals surface area contributed by atoms with Gasteiger partial charge in [-0.25, -0.2) is 0 Å². The van der Waals surface area contributed by atoms with Crippen molar-refractivity contribution in [3.8, 4) is 11.5 Å². The first kappa shape index (κ1) is 25.4. The van der Waals surface area contributed by atoms with E-state index >= 15 is 0 Å². The monoisotopic (exact) mass is 606 g/mol. The molecule has 41 heavy (non-hydrogen) atoms. The van der Waals surface area contributed by atoms with Crippen LogP contribution in [0, 0.1) is 5.41 Å². The van der Waals surface area contributed by atoms with Crippen molar-refractivity contribution in [3.63, 3.8) is 0 Å². The molecule has 1 unspecified atom stereocenters. The maximum atomic E-state index is 14.7. The molecule has 0 aromatic heterocycles. The molecule has 0 bridgehead atoms. The van der Waals surface area contributed by atoms with Crippen molar-refractivity contribution in [1.29, 1.82) is 0 Å². The molecule has 0 saturated carbocycles. The predicted octanol–water partition coefficient (Wildman–Crippen LogP) is 5.97. The Bertz CT molecular complexity index is 1760. The molecule has 2 aliphatic heterocycles. The van der Waals surface area contributed by atoms with Crippen LogP contribution >= 0.6 is 15.9 Å². The number of carbonyl (C=O) groups excluding carboxylic acids is 3. The van der Waals surface area contributed by atoms with Gasteiger partial charge in [-0.2, -0.15) is 5.10 Å². The van der Waals surface area contributed by atoms with Crippen molar-refractivity contribution < 1.29 is 24.2 Å². The molecular weight excluding hydrogens is 584 g/mol. The highest BCUT2D eigenvalue weighted by Gasteiger charge is 2.73. The molecule has 1 N–H and O–H groups in total. The number of phenols is 1. The minimum atomic E-state index is -1.76. The number of rotatable bonds is 4. The van der Waals surface area contributed by atoms with Gasteiger partial charge >= 0.3 is 0 Å². The highest BCUT2D eigenvalue weighted by atomic mass is 79.9. The molecule has 7 rings (SSSR count). The molecule has 1 saturated heterocycles. The van der Waals surface area contributed by atoms with Gasteiger partial charge < -0.3 is 9.84 Å². The summed E-state index contributed by atoms with van der Waals surface area (Å²) in [7, 11) is 1.54. The number of hydrogen-bond donors (Lipinski definition) is 1. The summed E-state index contributed by atoms with van der Waals surface area (Å²) in [6, 6.07) is 23.9. The van der Waals surface area contributed by atoms with Crippen LogP contribution in [-0.4, -0.2) is 46.8 Å². The van der Waals surface area contributed by atoms with Gasteiger partial charge in [0, 0.05) is 32.6 Å². The largest absolute Gasteiger partial charge is 0.508 e. The quantitative estimate of drug-likeness (QED) is 0.227. The number of nitrogens with zero attached hydrogens (tertiary/aromatic N) is 2. The van der Waals surface area contributed by atoms with E-state index in [2.05, 4.69) is 15.9 Å². The lowest BCUT2D eigenvalue weighted by Crippen LogP contribution is -2.43. The van der Waals surface area contributed by atoms with Crippen LogP contribution < -0.4 is 4.74 Å². The van der Waals surface area contributed by atoms with Crippen LogP contribution in [0.4, 0.5) is 0 Å². The highest BCUT2D eigenvalue weighted by molar-refractivity contribution is 9.10. The zero-order chi connectivity index (χ0) is 28.5. The van der Waals surface area contributed by atoms with Gasteiger partial charge in [0.15, 0.2) is 17.3 Å². The van der Waals surface area contributed by atoms with Crippen LogP contribution in [0.25, 0.3) is 0 Å². The summed E-state index contributed by atoms with van der Waals surface area (Å²) < 4.78 is 5.93. The Morgan fingerprint density at radius 3 is 2.24 bits per heavy atom. The van der Waals surface area contributed by atoms with Crippen LogP contribution in [0.5, 0.6) is 11.5 Å². The van der Waals surface area contributed by atoms with Gasteiger partial charge in [-0.15, -0.1) is 0 Å². The maximum Gasteiger partial charge on any atom is 0.187 e. The fourth-order valence-electron chi connectivity index (χ4n) is 6.82. The number of ketones is 3. The molecule has 1 aliphatic carbocycles. The molecular formula is C33H23BrN2O5. The number of ether oxygens (including phenoxy) is 1. The molecule has 7 nitrogen and oxygen atoms in total. The number of halogens is 1. The van der Waals surface area contributed by atoms with E-state index in [0.29, 0.717) is 32.5 Å². The van der Waals surface area contributed by atoms with Gasteiger partial charge in [0.2, 0.25) is 0 Å². The fraction of sp³-hybridized carbons (Fsp3) is 0.152. The zero-order valence-corrected chi connectivity index (χ0v) is 23.4. The topological polar surface area (TPSA) is 96.3 Å². The predicted molar refractivity (Wildman–Crippen MR) is 156 cm³/mol. The molecule has 1 spiro atoms. The van der Waals surface area contributed by atoms with Crippen molar-refractivity contribution in [3.05, 3.63) is 129 Å². The molecule has 4 aromatic carbocycles. The Kier molecular flexibility index (Phi) is 5.73. The summed E-state index contributed by atoms with van der Waals surface area (Å²) in [6.45, 7) is 0. The van der Waals surface area contributed by atoms with E-state index in [0.717, 1.165) is 11.1 Å². The number of carbonyl (C=O) groups is 3. The molecule has 2 heterocycles. The van der Waals surface area contributed by atoms with Crippen LogP contribution in [0.2, 0.25) is 0 Å². The Morgan fingerprint density at radius 1 is 0.902 bits per heavy atom. The minimum absolute atomic E-state index is 0.112. The first-order valence-electron chi connectivity index (χ1n) is 13.1. The van der Waals surface area contributed by atoms with Crippen LogP contribution in [0.15, 0.2) is 101 Å². The minimum Gasteiger partial charge on any atom is -0.508 e. The van der Waals surface area contributed by atoms with Gasteiger partial charge in [-0.05, 0) is 53.6 Å². The number of methoxy groups -OCH3 is 1. The van der Waals surface area contributed by atoms with Crippen LogP contribution in [-0.2, 0) is 0 Å². The highest BCUT2D eigenvalue weighted by Crippen LogP contribution is 2.65. The Hall–Kier alpha value is -4.56. The van der Waals surface area contributed by atoms with Gasteiger partial charge in [0.1, 0.15) is 23.0 Å². The molecule has 1 fully saturated rings. The number of hydrazone groups is 1. The van der Waals surface area contributed by atoms with Crippen molar-refractivity contribution >= 4 is 39.5 Å². The number of Topliss-reactive ketones (excluding diaryl/α,β-unsaturated/α-hetero) is 3.